The number of benzene rings is 3. The molecule has 9 nitrogen and oxygen atoms in total. The van der Waals surface area contributed by atoms with Gasteiger partial charge < -0.3 is 14.6 Å². The zero-order valence-electron chi connectivity index (χ0n) is 21.3. The smallest absolute Gasteiger partial charge is 0.326 e. The number of fused-ring (bicyclic) bond motifs is 1. The van der Waals surface area contributed by atoms with Gasteiger partial charge in [-0.1, -0.05) is 30.3 Å². The quantitative estimate of drug-likeness (QED) is 0.267. The molecule has 5 rings (SSSR count). The number of rotatable bonds is 7. The number of hydrogen-bond acceptors (Lipinski definition) is 5. The number of carbonyl (C=O) groups is 2. The highest BCUT2D eigenvalue weighted by atomic mass is 19.1. The van der Waals surface area contributed by atoms with Gasteiger partial charge >= 0.3 is 5.97 Å². The van der Waals surface area contributed by atoms with Crippen LogP contribution in [0.1, 0.15) is 39.6 Å². The number of carboxylic acid groups (broad SMARTS) is 1. The highest BCUT2D eigenvalue weighted by molar-refractivity contribution is 5.91. The third kappa shape index (κ3) is 5.18. The van der Waals surface area contributed by atoms with E-state index in [1.54, 1.807) is 30.0 Å². The van der Waals surface area contributed by atoms with Gasteiger partial charge in [0.25, 0.3) is 5.69 Å². The van der Waals surface area contributed by atoms with Crippen LogP contribution in [0.15, 0.2) is 73.1 Å². The molecule has 1 atom stereocenters. The molecule has 0 saturated carbocycles. The first-order valence-electron chi connectivity index (χ1n) is 12.4. The summed E-state index contributed by atoms with van der Waals surface area (Å²) in [6.45, 7) is 1.89. The van der Waals surface area contributed by atoms with Crippen LogP contribution in [0.25, 0.3) is 0 Å². The first-order chi connectivity index (χ1) is 19.1. The maximum absolute atomic E-state index is 14.0. The summed E-state index contributed by atoms with van der Waals surface area (Å²) in [4.78, 5) is 42.8. The number of hydrogen-bond donors (Lipinski definition) is 1. The average Bonchev–Trinajstić information content (AvgIpc) is 3.31. The zero-order valence-corrected chi connectivity index (χ0v) is 21.3. The second-order valence-electron chi connectivity index (χ2n) is 9.70. The first-order valence-corrected chi connectivity index (χ1v) is 12.4. The maximum Gasteiger partial charge on any atom is 0.326 e. The number of nitro benzene ring substituents is 1. The van der Waals surface area contributed by atoms with Gasteiger partial charge in [0.2, 0.25) is 5.91 Å². The number of nitrogens with zero attached hydrogens (tertiary/aromatic N) is 4. The summed E-state index contributed by atoms with van der Waals surface area (Å²) >= 11 is 0. The summed E-state index contributed by atoms with van der Waals surface area (Å²) in [5.41, 5.74) is 3.34. The van der Waals surface area contributed by atoms with Crippen LogP contribution in [-0.4, -0.2) is 42.4 Å². The molecule has 1 aliphatic heterocycles. The Bertz CT molecular complexity index is 1560. The van der Waals surface area contributed by atoms with Crippen LogP contribution in [-0.2, 0) is 29.1 Å². The van der Waals surface area contributed by atoms with Gasteiger partial charge in [0, 0.05) is 30.3 Å². The molecule has 4 aromatic rings. The van der Waals surface area contributed by atoms with Crippen LogP contribution in [0.2, 0.25) is 0 Å². The van der Waals surface area contributed by atoms with E-state index in [9.17, 15) is 33.6 Å². The van der Waals surface area contributed by atoms with Crippen molar-refractivity contribution in [2.45, 2.75) is 38.4 Å². The molecule has 1 aromatic heterocycles. The highest BCUT2D eigenvalue weighted by Gasteiger charge is 2.40. The second-order valence-corrected chi connectivity index (χ2v) is 9.70. The molecule has 40 heavy (non-hydrogen) atoms. The number of amides is 1. The summed E-state index contributed by atoms with van der Waals surface area (Å²) in [6, 6.07) is 14.2. The molecule has 1 amide bonds. The molecule has 0 fully saturated rings. The van der Waals surface area contributed by atoms with Crippen molar-refractivity contribution in [1.82, 2.24) is 14.5 Å². The third-order valence-electron chi connectivity index (χ3n) is 7.15. The largest absolute Gasteiger partial charge is 0.480 e. The molecule has 2 heterocycles. The lowest BCUT2D eigenvalue weighted by molar-refractivity contribution is -0.385. The van der Waals surface area contributed by atoms with Crippen LogP contribution in [0.5, 0.6) is 0 Å². The lowest BCUT2D eigenvalue weighted by Gasteiger charge is -2.35. The number of nitro groups is 1. The van der Waals surface area contributed by atoms with E-state index in [1.807, 2.05) is 0 Å². The van der Waals surface area contributed by atoms with Crippen LogP contribution in [0.3, 0.4) is 0 Å². The van der Waals surface area contributed by atoms with Crippen molar-refractivity contribution >= 4 is 17.6 Å². The number of halogens is 2. The van der Waals surface area contributed by atoms with Gasteiger partial charge in [0.05, 0.1) is 29.4 Å². The van der Waals surface area contributed by atoms with Crippen LogP contribution in [0.4, 0.5) is 14.5 Å². The molecule has 11 heteroatoms. The Morgan fingerprint density at radius 1 is 1.05 bits per heavy atom. The van der Waals surface area contributed by atoms with Gasteiger partial charge in [-0.25, -0.2) is 18.6 Å². The summed E-state index contributed by atoms with van der Waals surface area (Å²) < 4.78 is 29.1. The van der Waals surface area contributed by atoms with Crippen LogP contribution in [0, 0.1) is 28.7 Å². The van der Waals surface area contributed by atoms with Crippen LogP contribution < -0.4 is 0 Å². The molecular formula is C29H24F2N4O5. The molecule has 0 radical (unpaired) electrons. The molecular weight excluding hydrogens is 522 g/mol. The maximum atomic E-state index is 14.0. The Hall–Kier alpha value is -4.93. The van der Waals surface area contributed by atoms with E-state index >= 15 is 0 Å². The first kappa shape index (κ1) is 26.7. The fourth-order valence-electron chi connectivity index (χ4n) is 5.14. The fourth-order valence-corrected chi connectivity index (χ4v) is 5.14. The molecule has 0 saturated heterocycles. The van der Waals surface area contributed by atoms with E-state index in [2.05, 4.69) is 4.98 Å². The number of aliphatic carboxylic acids is 1. The van der Waals surface area contributed by atoms with E-state index in [-0.39, 0.29) is 18.7 Å². The Labute approximate surface area is 227 Å². The van der Waals surface area contributed by atoms with Gasteiger partial charge in [-0.3, -0.25) is 14.9 Å². The number of aromatic nitrogens is 2. The van der Waals surface area contributed by atoms with Crippen molar-refractivity contribution in [3.05, 3.63) is 128 Å². The normalized spacial score (nSPS) is 14.7. The minimum atomic E-state index is -1.21. The predicted octanol–water partition coefficient (Wildman–Crippen LogP) is 4.60. The van der Waals surface area contributed by atoms with Gasteiger partial charge in [0.1, 0.15) is 17.7 Å². The highest BCUT2D eigenvalue weighted by Crippen LogP contribution is 2.32. The molecule has 204 valence electrons. The van der Waals surface area contributed by atoms with Gasteiger partial charge in [-0.15, -0.1) is 0 Å². The second kappa shape index (κ2) is 10.7. The number of carbonyl (C=O) groups excluding carboxylic acids is 1. The van der Waals surface area contributed by atoms with Crippen molar-refractivity contribution in [3.63, 3.8) is 0 Å². The van der Waals surface area contributed by atoms with Crippen molar-refractivity contribution in [3.8, 4) is 0 Å². The molecule has 1 N–H and O–H groups in total. The monoisotopic (exact) mass is 546 g/mol. The van der Waals surface area contributed by atoms with Crippen LogP contribution >= 0.6 is 0 Å². The molecule has 0 aliphatic carbocycles. The Balaban J connectivity index is 1.47. The van der Waals surface area contributed by atoms with E-state index in [4.69, 9.17) is 0 Å². The topological polar surface area (TPSA) is 119 Å². The standard InChI is InChI=1S/C29H24F2N4O5/c1-17-12-18(2-11-24(17)35(39)40)14-33-16-32-23-15-34(26(29(37)38)13-25(23)33)28(36)27(19-3-7-21(30)8-4-19)20-5-9-22(31)10-6-20/h2-12,16,26-27H,13-15H2,1H3,(H,37,38)/t26-/m0/s1. The number of carboxylic acids is 1. The lowest BCUT2D eigenvalue weighted by Crippen LogP contribution is -2.50. The third-order valence-corrected chi connectivity index (χ3v) is 7.15. The summed E-state index contributed by atoms with van der Waals surface area (Å²) in [5.74, 6) is -3.70. The molecule has 1 aliphatic rings. The summed E-state index contributed by atoms with van der Waals surface area (Å²) in [7, 11) is 0. The fraction of sp³-hybridized carbons (Fsp3) is 0.207. The van der Waals surface area contributed by atoms with Crippen molar-refractivity contribution in [1.29, 1.82) is 0 Å². The van der Waals surface area contributed by atoms with Crippen molar-refractivity contribution in [2.24, 2.45) is 0 Å². The average molecular weight is 547 g/mol. The summed E-state index contributed by atoms with van der Waals surface area (Å²) in [5, 5.41) is 21.3. The number of imidazole rings is 1. The Morgan fingerprint density at radius 2 is 1.65 bits per heavy atom. The molecule has 0 spiro atoms. The molecule has 0 bridgehead atoms. The molecule has 3 aromatic carbocycles. The van der Waals surface area contributed by atoms with Crippen molar-refractivity contribution < 1.29 is 28.4 Å². The Kier molecular flexibility index (Phi) is 7.12. The minimum Gasteiger partial charge on any atom is -0.480 e. The number of aryl methyl sites for hydroxylation is 1. The van der Waals surface area contributed by atoms with Gasteiger partial charge in [-0.2, -0.15) is 0 Å². The van der Waals surface area contributed by atoms with E-state index in [0.29, 0.717) is 34.6 Å². The van der Waals surface area contributed by atoms with E-state index in [0.717, 1.165) is 5.56 Å². The summed E-state index contributed by atoms with van der Waals surface area (Å²) in [6.07, 6.45) is 1.55. The predicted molar refractivity (Wildman–Crippen MR) is 139 cm³/mol. The van der Waals surface area contributed by atoms with Gasteiger partial charge in [0.15, 0.2) is 0 Å². The lowest BCUT2D eigenvalue weighted by atomic mass is 9.88. The van der Waals surface area contributed by atoms with Crippen molar-refractivity contribution in [2.75, 3.05) is 0 Å². The molecule has 0 unspecified atom stereocenters. The SMILES string of the molecule is Cc1cc(Cn2cnc3c2C[C@@H](C(=O)O)N(C(=O)C(c2ccc(F)cc2)c2ccc(F)cc2)C3)ccc1[N+](=O)[O-]. The minimum absolute atomic E-state index is 0.00775. The van der Waals surface area contributed by atoms with E-state index < -0.39 is 40.4 Å². The van der Waals surface area contributed by atoms with E-state index in [1.165, 1.54) is 59.5 Å². The van der Waals surface area contributed by atoms with Gasteiger partial charge in [-0.05, 0) is 53.9 Å². The Morgan fingerprint density at radius 3 is 2.17 bits per heavy atom. The zero-order chi connectivity index (χ0) is 28.6.